The Balaban J connectivity index is 1.73. The van der Waals surface area contributed by atoms with Crippen LogP contribution in [0.5, 0.6) is 5.75 Å². The van der Waals surface area contributed by atoms with Gasteiger partial charge in [-0.15, -0.1) is 0 Å². The van der Waals surface area contributed by atoms with Crippen LogP contribution in [0.25, 0.3) is 0 Å². The fraction of sp³-hybridized carbons (Fsp3) is 0.158. The van der Waals surface area contributed by atoms with Crippen LogP contribution in [0.2, 0.25) is 5.02 Å². The number of hydrogen-bond donors (Lipinski definition) is 2. The zero-order chi connectivity index (χ0) is 18.1. The van der Waals surface area contributed by atoms with E-state index in [0.29, 0.717) is 16.5 Å². The quantitative estimate of drug-likeness (QED) is 0.809. The Labute approximate surface area is 151 Å². The van der Waals surface area contributed by atoms with Crippen LogP contribution < -0.4 is 15.4 Å². The molecule has 2 N–H and O–H groups in total. The normalized spacial score (nSPS) is 9.52. The molecule has 0 aliphatic rings. The number of nitrogens with one attached hydrogen (secondary N) is 2. The van der Waals surface area contributed by atoms with Crippen molar-refractivity contribution in [2.45, 2.75) is 6.92 Å². The van der Waals surface area contributed by atoms with Crippen molar-refractivity contribution in [2.75, 3.05) is 18.5 Å². The Bertz CT molecular complexity index is 790. The number of ether oxygens (including phenoxy) is 1. The van der Waals surface area contributed by atoms with Crippen molar-refractivity contribution in [3.8, 4) is 17.6 Å². The number of hydrogen-bond acceptors (Lipinski definition) is 3. The van der Waals surface area contributed by atoms with E-state index < -0.39 is 0 Å². The molecule has 0 heterocycles. The molecule has 0 saturated carbocycles. The molecule has 0 aliphatic heterocycles. The van der Waals surface area contributed by atoms with Crippen LogP contribution in [0.15, 0.2) is 48.5 Å². The predicted octanol–water partition coefficient (Wildman–Crippen LogP) is 2.85. The summed E-state index contributed by atoms with van der Waals surface area (Å²) in [5.74, 6) is 5.98. The first-order valence-corrected chi connectivity index (χ1v) is 7.92. The maximum atomic E-state index is 11.7. The van der Waals surface area contributed by atoms with Crippen molar-refractivity contribution >= 4 is 29.1 Å². The van der Waals surface area contributed by atoms with Gasteiger partial charge in [0.25, 0.3) is 5.91 Å². The van der Waals surface area contributed by atoms with E-state index in [1.807, 2.05) is 0 Å². The fourth-order valence-corrected chi connectivity index (χ4v) is 1.99. The van der Waals surface area contributed by atoms with Crippen molar-refractivity contribution in [3.63, 3.8) is 0 Å². The minimum Gasteiger partial charge on any atom is -0.484 e. The molecule has 128 valence electrons. The average molecular weight is 357 g/mol. The Kier molecular flexibility index (Phi) is 6.87. The smallest absolute Gasteiger partial charge is 0.258 e. The summed E-state index contributed by atoms with van der Waals surface area (Å²) >= 11 is 5.77. The monoisotopic (exact) mass is 356 g/mol. The minimum atomic E-state index is -0.259. The van der Waals surface area contributed by atoms with Crippen molar-refractivity contribution in [1.82, 2.24) is 5.32 Å². The number of halogens is 1. The summed E-state index contributed by atoms with van der Waals surface area (Å²) in [6.45, 7) is 1.58. The Morgan fingerprint density at radius 3 is 2.40 bits per heavy atom. The highest BCUT2D eigenvalue weighted by atomic mass is 35.5. The van der Waals surface area contributed by atoms with Gasteiger partial charge in [-0.05, 0) is 48.5 Å². The molecule has 2 aromatic carbocycles. The molecule has 0 bridgehead atoms. The average Bonchev–Trinajstić information content (AvgIpc) is 2.59. The van der Waals surface area contributed by atoms with Crippen molar-refractivity contribution in [2.24, 2.45) is 0 Å². The molecule has 2 rings (SSSR count). The zero-order valence-electron chi connectivity index (χ0n) is 13.6. The molecule has 0 aliphatic carbocycles. The molecule has 0 fully saturated rings. The van der Waals surface area contributed by atoms with Crippen molar-refractivity contribution in [3.05, 3.63) is 59.1 Å². The number of carbonyl (C=O) groups is 2. The molecular formula is C19H17ClN2O3. The lowest BCUT2D eigenvalue weighted by molar-refractivity contribution is -0.122. The van der Waals surface area contributed by atoms with Crippen LogP contribution in [0.1, 0.15) is 12.5 Å². The summed E-state index contributed by atoms with van der Waals surface area (Å²) in [4.78, 5) is 22.6. The third-order valence-corrected chi connectivity index (χ3v) is 3.25. The maximum Gasteiger partial charge on any atom is 0.258 e. The summed E-state index contributed by atoms with van der Waals surface area (Å²) in [6, 6.07) is 13.9. The summed E-state index contributed by atoms with van der Waals surface area (Å²) in [6.07, 6.45) is 0. The number of amides is 2. The predicted molar refractivity (Wildman–Crippen MR) is 97.6 cm³/mol. The van der Waals surface area contributed by atoms with Crippen molar-refractivity contribution < 1.29 is 14.3 Å². The second-order valence-electron chi connectivity index (χ2n) is 5.08. The van der Waals surface area contributed by atoms with Gasteiger partial charge in [-0.2, -0.15) is 0 Å². The largest absolute Gasteiger partial charge is 0.484 e. The van der Waals surface area contributed by atoms with E-state index in [0.717, 1.165) is 5.56 Å². The van der Waals surface area contributed by atoms with E-state index in [9.17, 15) is 9.59 Å². The van der Waals surface area contributed by atoms with E-state index in [4.69, 9.17) is 16.3 Å². The summed E-state index contributed by atoms with van der Waals surface area (Å²) in [5.41, 5.74) is 1.51. The lowest BCUT2D eigenvalue weighted by Crippen LogP contribution is -2.29. The highest BCUT2D eigenvalue weighted by molar-refractivity contribution is 6.30. The fourth-order valence-electron chi connectivity index (χ4n) is 1.86. The van der Waals surface area contributed by atoms with Gasteiger partial charge in [0.1, 0.15) is 5.75 Å². The molecular weight excluding hydrogens is 340 g/mol. The molecule has 0 unspecified atom stereocenters. The van der Waals surface area contributed by atoms with Gasteiger partial charge in [0.15, 0.2) is 6.61 Å². The first kappa shape index (κ1) is 18.4. The SMILES string of the molecule is CC(=O)Nc1ccc(C#CCNC(=O)COc2ccc(Cl)cc2)cc1. The number of anilines is 1. The van der Waals surface area contributed by atoms with Gasteiger partial charge in [-0.3, -0.25) is 9.59 Å². The van der Waals surface area contributed by atoms with Gasteiger partial charge >= 0.3 is 0 Å². The number of carbonyl (C=O) groups excluding carboxylic acids is 2. The molecule has 0 spiro atoms. The van der Waals surface area contributed by atoms with E-state index in [1.165, 1.54) is 6.92 Å². The Morgan fingerprint density at radius 2 is 1.76 bits per heavy atom. The highest BCUT2D eigenvalue weighted by Gasteiger charge is 2.01. The third-order valence-electron chi connectivity index (χ3n) is 3.00. The van der Waals surface area contributed by atoms with Crippen molar-refractivity contribution in [1.29, 1.82) is 0 Å². The van der Waals surface area contributed by atoms with E-state index >= 15 is 0 Å². The molecule has 0 aromatic heterocycles. The van der Waals surface area contributed by atoms with Gasteiger partial charge < -0.3 is 15.4 Å². The van der Waals surface area contributed by atoms with Gasteiger partial charge in [0, 0.05) is 23.2 Å². The maximum absolute atomic E-state index is 11.7. The standard InChI is InChI=1S/C19H17ClN2O3/c1-14(23)22-17-8-4-15(5-9-17)3-2-12-21-19(24)13-25-18-10-6-16(20)7-11-18/h4-11H,12-13H2,1H3,(H,21,24)(H,22,23). The van der Waals surface area contributed by atoms with Crippen LogP contribution in [0.4, 0.5) is 5.69 Å². The Hall–Kier alpha value is -2.97. The lowest BCUT2D eigenvalue weighted by Gasteiger charge is -2.05. The molecule has 25 heavy (non-hydrogen) atoms. The van der Waals surface area contributed by atoms with Gasteiger partial charge in [-0.25, -0.2) is 0 Å². The molecule has 0 radical (unpaired) electrons. The van der Waals surface area contributed by atoms with Crippen LogP contribution in [0.3, 0.4) is 0 Å². The van der Waals surface area contributed by atoms with Crippen LogP contribution in [0, 0.1) is 11.8 Å². The topological polar surface area (TPSA) is 67.4 Å². The van der Waals surface area contributed by atoms with E-state index in [1.54, 1.807) is 48.5 Å². The Morgan fingerprint density at radius 1 is 1.08 bits per heavy atom. The molecule has 5 nitrogen and oxygen atoms in total. The van der Waals surface area contributed by atoms with Crippen LogP contribution in [-0.4, -0.2) is 25.0 Å². The zero-order valence-corrected chi connectivity index (χ0v) is 14.4. The lowest BCUT2D eigenvalue weighted by atomic mass is 10.2. The van der Waals surface area contributed by atoms with Crippen LogP contribution in [-0.2, 0) is 9.59 Å². The number of rotatable bonds is 5. The number of benzene rings is 2. The summed E-state index contributed by atoms with van der Waals surface area (Å²) < 4.78 is 5.33. The first-order valence-electron chi connectivity index (χ1n) is 7.54. The summed E-state index contributed by atoms with van der Waals surface area (Å²) in [7, 11) is 0. The molecule has 2 amide bonds. The summed E-state index contributed by atoms with van der Waals surface area (Å²) in [5, 5.41) is 5.94. The van der Waals surface area contributed by atoms with E-state index in [2.05, 4.69) is 22.5 Å². The minimum absolute atomic E-state index is 0.0886. The second-order valence-corrected chi connectivity index (χ2v) is 5.52. The van der Waals surface area contributed by atoms with Gasteiger partial charge in [-0.1, -0.05) is 23.4 Å². The van der Waals surface area contributed by atoms with E-state index in [-0.39, 0.29) is 25.0 Å². The third kappa shape index (κ3) is 6.98. The van der Waals surface area contributed by atoms with Gasteiger partial charge in [0.2, 0.25) is 5.91 Å². The highest BCUT2D eigenvalue weighted by Crippen LogP contribution is 2.15. The molecule has 2 aromatic rings. The van der Waals surface area contributed by atoms with Gasteiger partial charge in [0.05, 0.1) is 6.54 Å². The molecule has 0 atom stereocenters. The molecule has 0 saturated heterocycles. The van der Waals surface area contributed by atoms with Crippen LogP contribution >= 0.6 is 11.6 Å². The molecule has 6 heteroatoms. The second kappa shape index (κ2) is 9.36. The first-order chi connectivity index (χ1) is 12.0.